The number of aryl methyl sites for hydroxylation is 1. The van der Waals surface area contributed by atoms with E-state index in [0.29, 0.717) is 12.2 Å². The van der Waals surface area contributed by atoms with Crippen molar-refractivity contribution in [2.45, 2.75) is 63.9 Å². The number of aromatic nitrogens is 2. The molecule has 1 aromatic rings. The molecule has 0 bridgehead atoms. The number of H-pyrrole nitrogens is 1. The lowest BCUT2D eigenvalue weighted by atomic mass is 9.75. The average Bonchev–Trinajstić information content (AvgIpc) is 2.76. The highest BCUT2D eigenvalue weighted by Gasteiger charge is 2.31. The van der Waals surface area contributed by atoms with Gasteiger partial charge in [-0.15, -0.1) is 0 Å². The van der Waals surface area contributed by atoms with Gasteiger partial charge < -0.3 is 4.98 Å². The van der Waals surface area contributed by atoms with Crippen LogP contribution >= 0.6 is 0 Å². The van der Waals surface area contributed by atoms with Crippen LogP contribution in [0.3, 0.4) is 0 Å². The van der Waals surface area contributed by atoms with Crippen molar-refractivity contribution in [3.63, 3.8) is 0 Å². The van der Waals surface area contributed by atoms with E-state index >= 15 is 0 Å². The van der Waals surface area contributed by atoms with Crippen molar-refractivity contribution < 1.29 is 8.42 Å². The lowest BCUT2D eigenvalue weighted by Gasteiger charge is -2.35. The van der Waals surface area contributed by atoms with Gasteiger partial charge in [-0.3, -0.25) is 0 Å². The topological polar surface area (TPSA) is 74.8 Å². The molecule has 1 saturated carbocycles. The van der Waals surface area contributed by atoms with Gasteiger partial charge in [-0.1, -0.05) is 27.2 Å². The van der Waals surface area contributed by atoms with E-state index in [1.54, 1.807) is 0 Å². The van der Waals surface area contributed by atoms with Gasteiger partial charge in [0, 0.05) is 12.5 Å². The number of nitrogens with one attached hydrogen (secondary N) is 2. The summed E-state index contributed by atoms with van der Waals surface area (Å²) in [7, 11) is -3.47. The maximum absolute atomic E-state index is 12.3. The number of rotatable bonds is 4. The number of nitrogens with zero attached hydrogens (tertiary/aromatic N) is 1. The smallest absolute Gasteiger partial charge is 0.257 e. The maximum atomic E-state index is 12.3. The van der Waals surface area contributed by atoms with E-state index in [9.17, 15) is 8.42 Å². The molecule has 108 valence electrons. The minimum Gasteiger partial charge on any atom is -0.332 e. The van der Waals surface area contributed by atoms with Gasteiger partial charge in [-0.25, -0.2) is 18.1 Å². The fourth-order valence-electron chi connectivity index (χ4n) is 2.74. The minimum absolute atomic E-state index is 0.0297. The summed E-state index contributed by atoms with van der Waals surface area (Å²) in [6.45, 7) is 6.32. The van der Waals surface area contributed by atoms with Gasteiger partial charge in [0.1, 0.15) is 5.82 Å². The zero-order valence-electron chi connectivity index (χ0n) is 11.9. The second-order valence-corrected chi connectivity index (χ2v) is 7.81. The summed E-state index contributed by atoms with van der Waals surface area (Å²) in [4.78, 5) is 6.90. The van der Waals surface area contributed by atoms with Gasteiger partial charge in [0.05, 0.1) is 6.20 Å². The van der Waals surface area contributed by atoms with Crippen LogP contribution in [0.15, 0.2) is 11.2 Å². The van der Waals surface area contributed by atoms with Crippen LogP contribution in [0.4, 0.5) is 0 Å². The van der Waals surface area contributed by atoms with E-state index in [1.165, 1.54) is 6.20 Å². The van der Waals surface area contributed by atoms with Crippen LogP contribution < -0.4 is 4.72 Å². The lowest BCUT2D eigenvalue weighted by Crippen LogP contribution is -2.40. The Labute approximate surface area is 115 Å². The molecular formula is C13H23N3O2S. The zero-order valence-corrected chi connectivity index (χ0v) is 12.7. The van der Waals surface area contributed by atoms with Crippen LogP contribution in [-0.2, 0) is 16.4 Å². The first-order valence-electron chi connectivity index (χ1n) is 6.89. The number of hydrogen-bond acceptors (Lipinski definition) is 3. The monoisotopic (exact) mass is 285 g/mol. The summed E-state index contributed by atoms with van der Waals surface area (Å²) in [6.07, 6.45) is 6.14. The molecule has 1 aromatic heterocycles. The third-order valence-corrected chi connectivity index (χ3v) is 5.19. The Hall–Kier alpha value is -0.880. The second kappa shape index (κ2) is 5.25. The molecule has 1 atom stereocenters. The van der Waals surface area contributed by atoms with Crippen LogP contribution in [0.25, 0.3) is 0 Å². The van der Waals surface area contributed by atoms with Crippen LogP contribution in [0.5, 0.6) is 0 Å². The summed E-state index contributed by atoms with van der Waals surface area (Å²) in [5, 5.41) is 0.174. The number of aromatic amines is 1. The number of hydrogen-bond donors (Lipinski definition) is 2. The molecule has 2 rings (SSSR count). The van der Waals surface area contributed by atoms with Crippen molar-refractivity contribution in [1.29, 1.82) is 0 Å². The molecule has 0 radical (unpaired) electrons. The molecule has 1 aliphatic carbocycles. The Kier molecular flexibility index (Phi) is 4.01. The fourth-order valence-corrected chi connectivity index (χ4v) is 3.95. The summed E-state index contributed by atoms with van der Waals surface area (Å²) in [6, 6.07) is 0.0297. The van der Waals surface area contributed by atoms with Crippen LogP contribution in [0.2, 0.25) is 0 Å². The molecule has 1 fully saturated rings. The van der Waals surface area contributed by atoms with Crippen molar-refractivity contribution in [3.05, 3.63) is 12.0 Å². The first kappa shape index (κ1) is 14.5. The van der Waals surface area contributed by atoms with Crippen molar-refractivity contribution in [2.75, 3.05) is 0 Å². The van der Waals surface area contributed by atoms with E-state index in [2.05, 4.69) is 28.5 Å². The SMILES string of the molecule is CCc1ncc(S(=O)(=O)NC2CCCC(C)(C)C2)[nH]1. The highest BCUT2D eigenvalue weighted by Crippen LogP contribution is 2.35. The molecule has 0 spiro atoms. The fraction of sp³-hybridized carbons (Fsp3) is 0.769. The van der Waals surface area contributed by atoms with Crippen molar-refractivity contribution in [3.8, 4) is 0 Å². The van der Waals surface area contributed by atoms with Gasteiger partial charge >= 0.3 is 0 Å². The van der Waals surface area contributed by atoms with Crippen molar-refractivity contribution >= 4 is 10.0 Å². The van der Waals surface area contributed by atoms with E-state index in [1.807, 2.05) is 6.92 Å². The zero-order chi connectivity index (χ0) is 14.1. The highest BCUT2D eigenvalue weighted by molar-refractivity contribution is 7.89. The molecule has 0 amide bonds. The molecule has 0 aromatic carbocycles. The lowest BCUT2D eigenvalue weighted by molar-refractivity contribution is 0.212. The average molecular weight is 285 g/mol. The molecule has 1 unspecified atom stereocenters. The van der Waals surface area contributed by atoms with Gasteiger partial charge in [0.25, 0.3) is 10.0 Å². The molecule has 1 aliphatic rings. The Balaban J connectivity index is 2.09. The Morgan fingerprint density at radius 2 is 2.26 bits per heavy atom. The molecule has 0 saturated heterocycles. The quantitative estimate of drug-likeness (QED) is 0.890. The van der Waals surface area contributed by atoms with Gasteiger partial charge in [-0.2, -0.15) is 0 Å². The van der Waals surface area contributed by atoms with E-state index in [-0.39, 0.29) is 16.5 Å². The molecule has 1 heterocycles. The number of sulfonamides is 1. The van der Waals surface area contributed by atoms with E-state index in [4.69, 9.17) is 0 Å². The summed E-state index contributed by atoms with van der Waals surface area (Å²) >= 11 is 0. The number of imidazole rings is 1. The standard InChI is InChI=1S/C13H23N3O2S/c1-4-11-14-9-12(15-11)19(17,18)16-10-6-5-7-13(2,3)8-10/h9-10,16H,4-8H2,1-3H3,(H,14,15). The Bertz CT molecular complexity index is 534. The third kappa shape index (κ3) is 3.57. The van der Waals surface area contributed by atoms with Crippen LogP contribution in [-0.4, -0.2) is 24.4 Å². The summed E-state index contributed by atoms with van der Waals surface area (Å²) in [5.41, 5.74) is 0.216. The van der Waals surface area contributed by atoms with Gasteiger partial charge in [0.15, 0.2) is 5.03 Å². The normalized spacial score (nSPS) is 23.4. The third-order valence-electron chi connectivity index (χ3n) is 3.76. The van der Waals surface area contributed by atoms with Gasteiger partial charge in [-0.05, 0) is 24.7 Å². The second-order valence-electron chi connectivity index (χ2n) is 6.13. The first-order chi connectivity index (χ1) is 8.82. The molecule has 0 aliphatic heterocycles. The first-order valence-corrected chi connectivity index (χ1v) is 8.37. The van der Waals surface area contributed by atoms with E-state index in [0.717, 1.165) is 25.7 Å². The highest BCUT2D eigenvalue weighted by atomic mass is 32.2. The van der Waals surface area contributed by atoms with Crippen molar-refractivity contribution in [2.24, 2.45) is 5.41 Å². The van der Waals surface area contributed by atoms with Gasteiger partial charge in [0.2, 0.25) is 0 Å². The molecule has 5 nitrogen and oxygen atoms in total. The summed E-state index contributed by atoms with van der Waals surface area (Å²) < 4.78 is 27.3. The maximum Gasteiger partial charge on any atom is 0.257 e. The molecule has 2 N–H and O–H groups in total. The predicted octanol–water partition coefficient (Wildman–Crippen LogP) is 2.22. The largest absolute Gasteiger partial charge is 0.332 e. The van der Waals surface area contributed by atoms with Crippen LogP contribution in [0.1, 0.15) is 52.3 Å². The minimum atomic E-state index is -3.47. The summed E-state index contributed by atoms with van der Waals surface area (Å²) in [5.74, 6) is 0.698. The van der Waals surface area contributed by atoms with E-state index < -0.39 is 10.0 Å². The van der Waals surface area contributed by atoms with Crippen LogP contribution in [0, 0.1) is 5.41 Å². The molecular weight excluding hydrogens is 262 g/mol. The van der Waals surface area contributed by atoms with Crippen molar-refractivity contribution in [1.82, 2.24) is 14.7 Å². The Morgan fingerprint density at radius 3 is 2.84 bits per heavy atom. The predicted molar refractivity (Wildman–Crippen MR) is 74.3 cm³/mol. The Morgan fingerprint density at radius 1 is 1.53 bits per heavy atom. The molecule has 19 heavy (non-hydrogen) atoms. The molecule has 6 heteroatoms.